The van der Waals surface area contributed by atoms with Gasteiger partial charge < -0.3 is 10.4 Å². The minimum Gasteiger partial charge on any atom is -0.505 e. The van der Waals surface area contributed by atoms with E-state index in [0.29, 0.717) is 16.9 Å². The molecule has 0 bridgehead atoms. The minimum absolute atomic E-state index is 0.151. The first-order chi connectivity index (χ1) is 13.5. The third-order valence-electron chi connectivity index (χ3n) is 4.64. The molecule has 4 aromatic rings. The van der Waals surface area contributed by atoms with Crippen LogP contribution in [0.1, 0.15) is 28.6 Å². The van der Waals surface area contributed by atoms with Gasteiger partial charge in [0.05, 0.1) is 11.7 Å². The summed E-state index contributed by atoms with van der Waals surface area (Å²) >= 11 is 3.48. The number of aromatic nitrogens is 3. The molecule has 3 heterocycles. The van der Waals surface area contributed by atoms with Gasteiger partial charge in [0.25, 0.3) is 0 Å². The van der Waals surface area contributed by atoms with Crippen molar-refractivity contribution in [3.8, 4) is 5.75 Å². The smallest absolute Gasteiger partial charge is 0.147 e. The van der Waals surface area contributed by atoms with Gasteiger partial charge in [-0.2, -0.15) is 0 Å². The van der Waals surface area contributed by atoms with Gasteiger partial charge in [0.15, 0.2) is 0 Å². The number of hydrogen-bond donors (Lipinski definition) is 2. The lowest BCUT2D eigenvalue weighted by Gasteiger charge is -2.21. The summed E-state index contributed by atoms with van der Waals surface area (Å²) in [6, 6.07) is 15.1. The monoisotopic (exact) mass is 434 g/mol. The van der Waals surface area contributed by atoms with E-state index >= 15 is 0 Å². The molecular formula is C22H19BrN4O. The van der Waals surface area contributed by atoms with E-state index in [4.69, 9.17) is 0 Å². The van der Waals surface area contributed by atoms with E-state index in [1.54, 1.807) is 12.4 Å². The van der Waals surface area contributed by atoms with Crippen LogP contribution in [0, 0.1) is 13.8 Å². The average Bonchev–Trinajstić information content (AvgIpc) is 2.71. The SMILES string of the molecule is Cc1ccc2ccc(C(Nc3cc(C)c(Br)cn3)c3ccccn3)c(O)c2n1. The number of hydrogen-bond acceptors (Lipinski definition) is 5. The fourth-order valence-electron chi connectivity index (χ4n) is 3.14. The molecule has 0 saturated carbocycles. The van der Waals surface area contributed by atoms with Crippen molar-refractivity contribution in [2.24, 2.45) is 0 Å². The highest BCUT2D eigenvalue weighted by atomic mass is 79.9. The van der Waals surface area contributed by atoms with Crippen molar-refractivity contribution < 1.29 is 5.11 Å². The van der Waals surface area contributed by atoms with E-state index in [1.807, 2.05) is 62.4 Å². The molecule has 4 rings (SSSR count). The van der Waals surface area contributed by atoms with Crippen LogP contribution in [0.2, 0.25) is 0 Å². The van der Waals surface area contributed by atoms with Gasteiger partial charge in [0.1, 0.15) is 17.1 Å². The quantitative estimate of drug-likeness (QED) is 0.455. The molecule has 1 atom stereocenters. The van der Waals surface area contributed by atoms with E-state index in [0.717, 1.165) is 26.8 Å². The van der Waals surface area contributed by atoms with Crippen molar-refractivity contribution in [2.45, 2.75) is 19.9 Å². The molecule has 6 heteroatoms. The molecule has 1 aromatic carbocycles. The standard InChI is InChI=1S/C22H19BrN4O/c1-13-11-19(25-12-17(13)23)27-21(18-5-3-4-10-24-18)16-9-8-15-7-6-14(2)26-20(15)22(16)28/h3-12,21,28H,1-2H3,(H,25,27). The van der Waals surface area contributed by atoms with Gasteiger partial charge in [-0.1, -0.05) is 24.3 Å². The number of rotatable bonds is 4. The highest BCUT2D eigenvalue weighted by Gasteiger charge is 2.21. The van der Waals surface area contributed by atoms with Gasteiger partial charge in [-0.3, -0.25) is 4.98 Å². The molecule has 0 spiro atoms. The van der Waals surface area contributed by atoms with Crippen LogP contribution in [0.4, 0.5) is 5.82 Å². The highest BCUT2D eigenvalue weighted by Crippen LogP contribution is 2.36. The van der Waals surface area contributed by atoms with Crippen LogP contribution in [-0.2, 0) is 0 Å². The first-order valence-electron chi connectivity index (χ1n) is 8.92. The van der Waals surface area contributed by atoms with Crippen molar-refractivity contribution in [3.05, 3.63) is 87.9 Å². The maximum absolute atomic E-state index is 11.0. The summed E-state index contributed by atoms with van der Waals surface area (Å²) in [6.45, 7) is 3.92. The van der Waals surface area contributed by atoms with E-state index in [1.165, 1.54) is 0 Å². The number of halogens is 1. The normalized spacial score (nSPS) is 12.1. The molecule has 140 valence electrons. The number of fused-ring (bicyclic) bond motifs is 1. The highest BCUT2D eigenvalue weighted by molar-refractivity contribution is 9.10. The second kappa shape index (κ2) is 7.56. The Labute approximate surface area is 171 Å². The number of phenols is 1. The Bertz CT molecular complexity index is 1150. The predicted octanol–water partition coefficient (Wildman–Crippen LogP) is 5.31. The summed E-state index contributed by atoms with van der Waals surface area (Å²) in [4.78, 5) is 13.5. The Kier molecular flexibility index (Phi) is 4.96. The number of aromatic hydroxyl groups is 1. The van der Waals surface area contributed by atoms with Gasteiger partial charge in [0, 0.05) is 33.5 Å². The van der Waals surface area contributed by atoms with Crippen LogP contribution in [0.25, 0.3) is 10.9 Å². The Morgan fingerprint density at radius 1 is 1.04 bits per heavy atom. The Morgan fingerprint density at radius 3 is 2.61 bits per heavy atom. The Morgan fingerprint density at radius 2 is 1.86 bits per heavy atom. The number of nitrogens with zero attached hydrogens (tertiary/aromatic N) is 3. The maximum Gasteiger partial charge on any atom is 0.147 e. The van der Waals surface area contributed by atoms with Crippen LogP contribution in [0.3, 0.4) is 0 Å². The zero-order valence-electron chi connectivity index (χ0n) is 15.5. The molecule has 0 aliphatic heterocycles. The number of anilines is 1. The van der Waals surface area contributed by atoms with Crippen molar-refractivity contribution in [3.63, 3.8) is 0 Å². The number of aryl methyl sites for hydroxylation is 2. The average molecular weight is 435 g/mol. The first-order valence-corrected chi connectivity index (χ1v) is 9.71. The molecule has 0 aliphatic rings. The predicted molar refractivity (Wildman–Crippen MR) is 115 cm³/mol. The molecule has 3 aromatic heterocycles. The lowest BCUT2D eigenvalue weighted by molar-refractivity contribution is 0.471. The van der Waals surface area contributed by atoms with Crippen LogP contribution < -0.4 is 5.32 Å². The van der Waals surface area contributed by atoms with Gasteiger partial charge in [0.2, 0.25) is 0 Å². The molecule has 0 amide bonds. The zero-order valence-corrected chi connectivity index (χ0v) is 17.1. The third kappa shape index (κ3) is 3.55. The van der Waals surface area contributed by atoms with Crippen LogP contribution in [0.15, 0.2) is 65.4 Å². The summed E-state index contributed by atoms with van der Waals surface area (Å²) in [5, 5.41) is 15.3. The summed E-state index contributed by atoms with van der Waals surface area (Å²) in [5.41, 5.74) is 3.99. The van der Waals surface area contributed by atoms with E-state index in [-0.39, 0.29) is 11.8 Å². The van der Waals surface area contributed by atoms with E-state index in [9.17, 15) is 5.11 Å². The summed E-state index contributed by atoms with van der Waals surface area (Å²) in [7, 11) is 0. The molecular weight excluding hydrogens is 416 g/mol. The van der Waals surface area contributed by atoms with Crippen molar-refractivity contribution in [1.29, 1.82) is 0 Å². The molecule has 0 aliphatic carbocycles. The number of benzene rings is 1. The fraction of sp³-hybridized carbons (Fsp3) is 0.136. The number of phenolic OH excluding ortho intramolecular Hbond substituents is 1. The van der Waals surface area contributed by atoms with Gasteiger partial charge in [-0.05, 0) is 59.6 Å². The lowest BCUT2D eigenvalue weighted by Crippen LogP contribution is -2.15. The first kappa shape index (κ1) is 18.4. The molecule has 1 unspecified atom stereocenters. The van der Waals surface area contributed by atoms with Crippen molar-refractivity contribution in [1.82, 2.24) is 15.0 Å². The topological polar surface area (TPSA) is 70.9 Å². The maximum atomic E-state index is 11.0. The number of pyridine rings is 3. The zero-order chi connectivity index (χ0) is 19.7. The third-order valence-corrected chi connectivity index (χ3v) is 5.47. The second-order valence-corrected chi connectivity index (χ2v) is 7.53. The van der Waals surface area contributed by atoms with Crippen molar-refractivity contribution in [2.75, 3.05) is 5.32 Å². The summed E-state index contributed by atoms with van der Waals surface area (Å²) in [5.74, 6) is 0.853. The van der Waals surface area contributed by atoms with Crippen LogP contribution in [0.5, 0.6) is 5.75 Å². The minimum atomic E-state index is -0.374. The Balaban J connectivity index is 1.85. The molecule has 0 saturated heterocycles. The Hall–Kier alpha value is -2.99. The second-order valence-electron chi connectivity index (χ2n) is 6.68. The molecule has 0 radical (unpaired) electrons. The number of nitrogens with one attached hydrogen (secondary N) is 1. The van der Waals surface area contributed by atoms with E-state index in [2.05, 4.69) is 36.2 Å². The summed E-state index contributed by atoms with van der Waals surface area (Å²) in [6.07, 6.45) is 3.50. The van der Waals surface area contributed by atoms with Gasteiger partial charge in [-0.15, -0.1) is 0 Å². The van der Waals surface area contributed by atoms with E-state index < -0.39 is 0 Å². The lowest BCUT2D eigenvalue weighted by atomic mass is 9.99. The van der Waals surface area contributed by atoms with Crippen LogP contribution >= 0.6 is 15.9 Å². The molecule has 0 fully saturated rings. The van der Waals surface area contributed by atoms with Crippen molar-refractivity contribution >= 4 is 32.7 Å². The largest absolute Gasteiger partial charge is 0.505 e. The molecule has 28 heavy (non-hydrogen) atoms. The molecule has 5 nitrogen and oxygen atoms in total. The van der Waals surface area contributed by atoms with Gasteiger partial charge in [-0.25, -0.2) is 9.97 Å². The fourth-order valence-corrected chi connectivity index (χ4v) is 3.36. The van der Waals surface area contributed by atoms with Gasteiger partial charge >= 0.3 is 0 Å². The molecule has 2 N–H and O–H groups in total. The van der Waals surface area contributed by atoms with Crippen LogP contribution in [-0.4, -0.2) is 20.1 Å². The summed E-state index contributed by atoms with van der Waals surface area (Å²) < 4.78 is 0.945.